The Morgan fingerprint density at radius 2 is 1.72 bits per heavy atom. The number of carbonyl (C=O) groups excluding carboxylic acids is 1. The van der Waals surface area contributed by atoms with Gasteiger partial charge in [-0.25, -0.2) is 13.1 Å². The van der Waals surface area contributed by atoms with Crippen molar-refractivity contribution in [1.29, 1.82) is 0 Å². The van der Waals surface area contributed by atoms with Gasteiger partial charge in [0, 0.05) is 11.7 Å². The summed E-state index contributed by atoms with van der Waals surface area (Å²) in [6, 6.07) is 12.9. The number of thiocarbonyl (C=S) groups is 1. The summed E-state index contributed by atoms with van der Waals surface area (Å²) in [6.07, 6.45) is 4.33. The minimum atomic E-state index is -3.57. The summed E-state index contributed by atoms with van der Waals surface area (Å²) in [4.78, 5) is 12.8. The molecule has 3 N–H and O–H groups in total. The summed E-state index contributed by atoms with van der Waals surface area (Å²) >= 11 is 5.24. The number of para-hydroxylation sites is 1. The second kappa shape index (κ2) is 12.5. The van der Waals surface area contributed by atoms with E-state index in [0.717, 1.165) is 25.7 Å². The topological polar surface area (TPSA) is 96.5 Å². The molecule has 0 saturated heterocycles. The molecule has 1 amide bonds. The fourth-order valence-corrected chi connectivity index (χ4v) is 4.38. The predicted molar refractivity (Wildman–Crippen MR) is 132 cm³/mol. The normalized spacial score (nSPS) is 11.2. The van der Waals surface area contributed by atoms with Crippen LogP contribution in [0.5, 0.6) is 5.75 Å². The third-order valence-corrected chi connectivity index (χ3v) is 6.31. The lowest BCUT2D eigenvalue weighted by molar-refractivity contribution is 0.0973. The van der Waals surface area contributed by atoms with E-state index in [0.29, 0.717) is 23.6 Å². The van der Waals surface area contributed by atoms with E-state index in [2.05, 4.69) is 22.3 Å². The molecule has 7 nitrogen and oxygen atoms in total. The molecule has 2 rings (SSSR count). The van der Waals surface area contributed by atoms with Crippen LogP contribution in [0.25, 0.3) is 0 Å². The summed E-state index contributed by atoms with van der Waals surface area (Å²) in [6.45, 7) is 6.21. The fourth-order valence-electron chi connectivity index (χ4n) is 2.92. The van der Waals surface area contributed by atoms with Crippen molar-refractivity contribution in [2.45, 2.75) is 57.4 Å². The van der Waals surface area contributed by atoms with Crippen LogP contribution in [0, 0.1) is 0 Å². The molecule has 0 atom stereocenters. The molecule has 174 valence electrons. The van der Waals surface area contributed by atoms with E-state index in [9.17, 15) is 13.2 Å². The van der Waals surface area contributed by atoms with Crippen molar-refractivity contribution in [1.82, 2.24) is 10.0 Å². The molecule has 0 bridgehead atoms. The minimum absolute atomic E-state index is 0.101. The highest BCUT2D eigenvalue weighted by Gasteiger charge is 2.16. The van der Waals surface area contributed by atoms with Crippen molar-refractivity contribution in [3.05, 3.63) is 54.1 Å². The highest BCUT2D eigenvalue weighted by Crippen LogP contribution is 2.19. The predicted octanol–water partition coefficient (Wildman–Crippen LogP) is 4.46. The zero-order valence-electron chi connectivity index (χ0n) is 18.7. The third-order valence-electron chi connectivity index (χ3n) is 4.43. The Morgan fingerprint density at radius 1 is 1.03 bits per heavy atom. The van der Waals surface area contributed by atoms with E-state index >= 15 is 0 Å². The van der Waals surface area contributed by atoms with Gasteiger partial charge >= 0.3 is 0 Å². The molecule has 0 heterocycles. The Bertz CT molecular complexity index is 1010. The first-order valence-electron chi connectivity index (χ1n) is 10.7. The van der Waals surface area contributed by atoms with Crippen LogP contribution in [0.1, 0.15) is 56.8 Å². The molecule has 0 aromatic heterocycles. The van der Waals surface area contributed by atoms with Crippen LogP contribution < -0.4 is 20.1 Å². The van der Waals surface area contributed by atoms with Crippen molar-refractivity contribution >= 4 is 38.9 Å². The molecule has 32 heavy (non-hydrogen) atoms. The Morgan fingerprint density at radius 3 is 2.38 bits per heavy atom. The average molecular weight is 478 g/mol. The monoisotopic (exact) mass is 477 g/mol. The fraction of sp³-hybridized carbons (Fsp3) is 0.391. The van der Waals surface area contributed by atoms with E-state index < -0.39 is 10.0 Å². The number of carbonyl (C=O) groups is 1. The zero-order chi connectivity index (χ0) is 23.6. The van der Waals surface area contributed by atoms with E-state index in [-0.39, 0.29) is 22.0 Å². The first-order chi connectivity index (χ1) is 15.2. The van der Waals surface area contributed by atoms with E-state index in [1.54, 1.807) is 44.2 Å². The Labute approximate surface area is 196 Å². The van der Waals surface area contributed by atoms with Crippen LogP contribution in [-0.4, -0.2) is 32.1 Å². The molecule has 0 radical (unpaired) electrons. The molecule has 0 aliphatic rings. The van der Waals surface area contributed by atoms with Crippen LogP contribution in [0.3, 0.4) is 0 Å². The third kappa shape index (κ3) is 8.22. The minimum Gasteiger partial charge on any atom is -0.493 e. The standard InChI is InChI=1S/C23H31N3O4S2/c1-4-5-6-9-16-30-21-11-8-7-10-20(21)22(27)25-23(31)24-18-12-14-19(15-13-18)32(28,29)26-17(2)3/h7-8,10-15,17,26H,4-6,9,16H2,1-3H3,(H2,24,25,27,31). The van der Waals surface area contributed by atoms with Gasteiger partial charge in [-0.05, 0) is 68.9 Å². The van der Waals surface area contributed by atoms with Crippen LogP contribution in [0.15, 0.2) is 53.4 Å². The first-order valence-corrected chi connectivity index (χ1v) is 12.6. The van der Waals surface area contributed by atoms with Gasteiger partial charge in [-0.2, -0.15) is 0 Å². The summed E-state index contributed by atoms with van der Waals surface area (Å²) in [5.74, 6) is 0.128. The van der Waals surface area contributed by atoms with Gasteiger partial charge in [-0.3, -0.25) is 10.1 Å². The molecular formula is C23H31N3O4S2. The quantitative estimate of drug-likeness (QED) is 0.327. The van der Waals surface area contributed by atoms with Crippen LogP contribution >= 0.6 is 12.2 Å². The van der Waals surface area contributed by atoms with Gasteiger partial charge in [-0.1, -0.05) is 38.3 Å². The number of amides is 1. The Kier molecular flexibility index (Phi) is 10.1. The van der Waals surface area contributed by atoms with Gasteiger partial charge in [0.15, 0.2) is 5.11 Å². The molecule has 0 saturated carbocycles. The Balaban J connectivity index is 1.95. The summed E-state index contributed by atoms with van der Waals surface area (Å²) < 4.78 is 32.7. The number of anilines is 1. The molecule has 0 unspecified atom stereocenters. The number of rotatable bonds is 11. The van der Waals surface area contributed by atoms with Gasteiger partial charge in [0.2, 0.25) is 10.0 Å². The number of unbranched alkanes of at least 4 members (excludes halogenated alkanes) is 3. The molecule has 0 fully saturated rings. The SMILES string of the molecule is CCCCCCOc1ccccc1C(=O)NC(=S)Nc1ccc(S(=O)(=O)NC(C)C)cc1. The highest BCUT2D eigenvalue weighted by molar-refractivity contribution is 7.89. The van der Waals surface area contributed by atoms with Gasteiger partial charge < -0.3 is 10.1 Å². The largest absolute Gasteiger partial charge is 0.493 e. The Hall–Kier alpha value is -2.49. The smallest absolute Gasteiger partial charge is 0.261 e. The molecule has 9 heteroatoms. The van der Waals surface area contributed by atoms with Gasteiger partial charge in [0.05, 0.1) is 17.1 Å². The molecule has 0 aliphatic carbocycles. The van der Waals surface area contributed by atoms with Crippen LogP contribution in [0.4, 0.5) is 5.69 Å². The summed E-state index contributed by atoms with van der Waals surface area (Å²) in [7, 11) is -3.57. The second-order valence-electron chi connectivity index (χ2n) is 7.61. The first kappa shape index (κ1) is 25.8. The van der Waals surface area contributed by atoms with E-state index in [1.807, 2.05) is 6.07 Å². The molecule has 2 aromatic carbocycles. The average Bonchev–Trinajstić information content (AvgIpc) is 2.73. The number of hydrogen-bond acceptors (Lipinski definition) is 5. The number of nitrogens with one attached hydrogen (secondary N) is 3. The molecule has 0 aliphatic heterocycles. The van der Waals surface area contributed by atoms with Crippen molar-refractivity contribution in [3.8, 4) is 5.75 Å². The zero-order valence-corrected chi connectivity index (χ0v) is 20.3. The maximum absolute atomic E-state index is 12.7. The van der Waals surface area contributed by atoms with Gasteiger partial charge in [-0.15, -0.1) is 0 Å². The lowest BCUT2D eigenvalue weighted by Crippen LogP contribution is -2.34. The molecule has 0 spiro atoms. The lowest BCUT2D eigenvalue weighted by Gasteiger charge is -2.14. The number of ether oxygens (including phenoxy) is 1. The summed E-state index contributed by atoms with van der Waals surface area (Å²) in [5, 5.41) is 5.63. The van der Waals surface area contributed by atoms with Crippen LogP contribution in [0.2, 0.25) is 0 Å². The number of hydrogen-bond donors (Lipinski definition) is 3. The van der Waals surface area contributed by atoms with Crippen LogP contribution in [-0.2, 0) is 10.0 Å². The van der Waals surface area contributed by atoms with Crippen molar-refractivity contribution in [2.24, 2.45) is 0 Å². The maximum Gasteiger partial charge on any atom is 0.261 e. The maximum atomic E-state index is 12.7. The van der Waals surface area contributed by atoms with Crippen molar-refractivity contribution < 1.29 is 17.9 Å². The van der Waals surface area contributed by atoms with Gasteiger partial charge in [0.25, 0.3) is 5.91 Å². The number of benzene rings is 2. The summed E-state index contributed by atoms with van der Waals surface area (Å²) in [5.41, 5.74) is 0.951. The van der Waals surface area contributed by atoms with E-state index in [1.165, 1.54) is 12.1 Å². The highest BCUT2D eigenvalue weighted by atomic mass is 32.2. The number of sulfonamides is 1. The van der Waals surface area contributed by atoms with E-state index in [4.69, 9.17) is 17.0 Å². The second-order valence-corrected chi connectivity index (χ2v) is 9.74. The van der Waals surface area contributed by atoms with Crippen molar-refractivity contribution in [3.63, 3.8) is 0 Å². The van der Waals surface area contributed by atoms with Gasteiger partial charge in [0.1, 0.15) is 5.75 Å². The lowest BCUT2D eigenvalue weighted by atomic mass is 10.2. The molecule has 2 aromatic rings. The van der Waals surface area contributed by atoms with Crippen molar-refractivity contribution in [2.75, 3.05) is 11.9 Å². The molecular weight excluding hydrogens is 446 g/mol.